The normalized spacial score (nSPS) is 10.0. The number of hydrogen-bond acceptors (Lipinski definition) is 0. The molecule has 0 unspecified atom stereocenters. The van der Waals surface area contributed by atoms with E-state index in [2.05, 4.69) is 90.1 Å². The van der Waals surface area contributed by atoms with Gasteiger partial charge < -0.3 is 24.8 Å². The largest absolute Gasteiger partial charge is 4.00 e. The molecule has 0 spiro atoms. The summed E-state index contributed by atoms with van der Waals surface area (Å²) in [6.45, 7) is 13.4. The molecule has 4 aromatic carbocycles. The summed E-state index contributed by atoms with van der Waals surface area (Å²) in [5, 5.41) is 5.75. The summed E-state index contributed by atoms with van der Waals surface area (Å²) < 4.78 is 0. The first-order valence-electron chi connectivity index (χ1n) is 10.8. The third-order valence-electron chi connectivity index (χ3n) is 6.02. The molecule has 0 atom stereocenters. The minimum atomic E-state index is 0. The Morgan fingerprint density at radius 3 is 1.26 bits per heavy atom. The van der Waals surface area contributed by atoms with Crippen LogP contribution in [0.5, 0.6) is 0 Å². The molecule has 3 heteroatoms. The smallest absolute Gasteiger partial charge is 1.00 e. The summed E-state index contributed by atoms with van der Waals surface area (Å²) in [7, 11) is 0. The molecule has 0 fully saturated rings. The van der Waals surface area contributed by atoms with E-state index in [1.165, 1.54) is 80.6 Å². The van der Waals surface area contributed by atoms with Gasteiger partial charge in [0.25, 0.3) is 0 Å². The van der Waals surface area contributed by atoms with Crippen LogP contribution in [-0.4, -0.2) is 0 Å². The Kier molecular flexibility index (Phi) is 13.0. The van der Waals surface area contributed by atoms with Crippen LogP contribution < -0.4 is 24.8 Å². The minimum absolute atomic E-state index is 0. The Labute approximate surface area is 216 Å². The average molecular weight is 489 g/mol. The number of halogens is 2. The van der Waals surface area contributed by atoms with Gasteiger partial charge in [-0.3, -0.25) is 0 Å². The van der Waals surface area contributed by atoms with E-state index in [1.807, 2.05) is 0 Å². The van der Waals surface area contributed by atoms with E-state index in [0.717, 1.165) is 0 Å². The minimum Gasteiger partial charge on any atom is -1.00 e. The molecule has 0 bridgehead atoms. The van der Waals surface area contributed by atoms with Crippen molar-refractivity contribution in [3.05, 3.63) is 81.9 Å². The zero-order valence-corrected chi connectivity index (χ0v) is 22.8. The summed E-state index contributed by atoms with van der Waals surface area (Å²) in [5.74, 6) is 0. The van der Waals surface area contributed by atoms with Crippen LogP contribution in [0, 0.1) is 27.7 Å². The van der Waals surface area contributed by atoms with E-state index >= 15 is 0 Å². The van der Waals surface area contributed by atoms with Crippen molar-refractivity contribution in [1.82, 2.24) is 0 Å². The molecule has 0 saturated heterocycles. The van der Waals surface area contributed by atoms with Gasteiger partial charge in [0.2, 0.25) is 0 Å². The molecule has 0 aliphatic rings. The van der Waals surface area contributed by atoms with E-state index in [0.29, 0.717) is 0 Å². The van der Waals surface area contributed by atoms with Crippen LogP contribution in [0.2, 0.25) is 0 Å². The molecule has 0 saturated carbocycles. The quantitative estimate of drug-likeness (QED) is 0.305. The zero-order chi connectivity index (χ0) is 20.3. The molecule has 4 aromatic rings. The SMILES string of the molecule is CCCc1[cH-]c2cccc(C)c2c1C.CCCc1[cH-]c2cccc(C)c2c1C.[Cl-].[Cl-].[Ti+4]. The monoisotopic (exact) mass is 488 g/mol. The summed E-state index contributed by atoms with van der Waals surface area (Å²) in [6.07, 6.45) is 4.88. The van der Waals surface area contributed by atoms with Gasteiger partial charge in [-0.25, -0.2) is 0 Å². The van der Waals surface area contributed by atoms with Gasteiger partial charge in [-0.1, -0.05) is 63.8 Å². The molecular weight excluding hydrogens is 455 g/mol. The third kappa shape index (κ3) is 6.49. The van der Waals surface area contributed by atoms with Crippen molar-refractivity contribution in [3.8, 4) is 0 Å². The van der Waals surface area contributed by atoms with Crippen LogP contribution in [0.1, 0.15) is 60.1 Å². The van der Waals surface area contributed by atoms with Gasteiger partial charge in [0, 0.05) is 0 Å². The second kappa shape index (κ2) is 13.5. The van der Waals surface area contributed by atoms with Crippen LogP contribution in [-0.2, 0) is 34.6 Å². The second-order valence-electron chi connectivity index (χ2n) is 8.17. The molecule has 0 nitrogen and oxygen atoms in total. The molecule has 0 heterocycles. The van der Waals surface area contributed by atoms with Crippen molar-refractivity contribution in [2.75, 3.05) is 0 Å². The van der Waals surface area contributed by atoms with Crippen molar-refractivity contribution in [2.45, 2.75) is 67.2 Å². The summed E-state index contributed by atoms with van der Waals surface area (Å²) in [5.41, 5.74) is 8.83. The first kappa shape index (κ1) is 30.0. The number of fused-ring (bicyclic) bond motifs is 2. The van der Waals surface area contributed by atoms with Crippen LogP contribution in [0.15, 0.2) is 48.5 Å². The Morgan fingerprint density at radius 1 is 0.613 bits per heavy atom. The maximum absolute atomic E-state index is 2.35. The van der Waals surface area contributed by atoms with Gasteiger partial charge in [-0.2, -0.15) is 11.1 Å². The maximum atomic E-state index is 2.35. The van der Waals surface area contributed by atoms with Crippen molar-refractivity contribution < 1.29 is 46.5 Å². The van der Waals surface area contributed by atoms with Crippen LogP contribution in [0.4, 0.5) is 0 Å². The summed E-state index contributed by atoms with van der Waals surface area (Å²) >= 11 is 0. The van der Waals surface area contributed by atoms with E-state index in [-0.39, 0.29) is 46.5 Å². The Balaban J connectivity index is 0.000000529. The molecular formula is C28H34Cl2Ti. The standard InChI is InChI=1S/2C14H17.2ClH.Ti/c2*1-4-6-12-9-13-8-5-7-10(2)14(13)11(12)3;;;/h2*5,7-9H,4,6H2,1-3H3;2*1H;/q2*-1;;;+4/p-2. The van der Waals surface area contributed by atoms with Gasteiger partial charge in [-0.05, 0) is 26.7 Å². The van der Waals surface area contributed by atoms with Crippen molar-refractivity contribution in [3.63, 3.8) is 0 Å². The molecule has 31 heavy (non-hydrogen) atoms. The van der Waals surface area contributed by atoms with E-state index in [9.17, 15) is 0 Å². The molecule has 164 valence electrons. The third-order valence-corrected chi connectivity index (χ3v) is 6.02. The fraction of sp³-hybridized carbons (Fsp3) is 0.357. The van der Waals surface area contributed by atoms with Crippen LogP contribution in [0.25, 0.3) is 21.5 Å². The van der Waals surface area contributed by atoms with E-state index in [4.69, 9.17) is 0 Å². The summed E-state index contributed by atoms with van der Waals surface area (Å²) in [6, 6.07) is 17.8. The van der Waals surface area contributed by atoms with Gasteiger partial charge in [0.05, 0.1) is 0 Å². The Hall–Kier alpha value is -1.05. The van der Waals surface area contributed by atoms with E-state index in [1.54, 1.807) is 0 Å². The first-order valence-corrected chi connectivity index (χ1v) is 10.8. The predicted molar refractivity (Wildman–Crippen MR) is 126 cm³/mol. The topological polar surface area (TPSA) is 0 Å². The van der Waals surface area contributed by atoms with Crippen molar-refractivity contribution in [1.29, 1.82) is 0 Å². The number of hydrogen-bond donors (Lipinski definition) is 0. The van der Waals surface area contributed by atoms with Gasteiger partial charge in [0.15, 0.2) is 0 Å². The van der Waals surface area contributed by atoms with Gasteiger partial charge in [-0.15, -0.1) is 69.1 Å². The number of aryl methyl sites for hydroxylation is 6. The molecule has 0 radical (unpaired) electrons. The molecule has 0 aliphatic heterocycles. The predicted octanol–water partition coefficient (Wildman–Crippen LogP) is 2.26. The molecule has 4 rings (SSSR count). The average Bonchev–Trinajstić information content (AvgIpc) is 3.16. The van der Waals surface area contributed by atoms with Crippen LogP contribution in [0.3, 0.4) is 0 Å². The summed E-state index contributed by atoms with van der Waals surface area (Å²) in [4.78, 5) is 0. The molecule has 0 aromatic heterocycles. The van der Waals surface area contributed by atoms with E-state index < -0.39 is 0 Å². The number of rotatable bonds is 4. The first-order chi connectivity index (χ1) is 13.5. The van der Waals surface area contributed by atoms with Crippen molar-refractivity contribution >= 4 is 21.5 Å². The fourth-order valence-electron chi connectivity index (χ4n) is 4.62. The van der Waals surface area contributed by atoms with Crippen molar-refractivity contribution in [2.24, 2.45) is 0 Å². The molecule has 0 N–H and O–H groups in total. The molecule has 0 amide bonds. The zero-order valence-electron chi connectivity index (χ0n) is 19.7. The maximum Gasteiger partial charge on any atom is 4.00 e. The molecule has 0 aliphatic carbocycles. The van der Waals surface area contributed by atoms with Gasteiger partial charge in [0.1, 0.15) is 0 Å². The fourth-order valence-corrected chi connectivity index (χ4v) is 4.62. The second-order valence-corrected chi connectivity index (χ2v) is 8.17. The van der Waals surface area contributed by atoms with Gasteiger partial charge >= 0.3 is 21.7 Å². The van der Waals surface area contributed by atoms with Crippen LogP contribution >= 0.6 is 0 Å². The number of benzene rings is 2. The Bertz CT molecular complexity index is 997. The Morgan fingerprint density at radius 2 is 0.968 bits per heavy atom.